The average molecular weight is 325 g/mol. The number of hydrogen-bond acceptors (Lipinski definition) is 1. The summed E-state index contributed by atoms with van der Waals surface area (Å²) in [6, 6.07) is 4.70. The second kappa shape index (κ2) is 6.58. The minimum Gasteiger partial charge on any atom is -0.496 e. The summed E-state index contributed by atoms with van der Waals surface area (Å²) < 4.78 is 11.4. The lowest BCUT2D eigenvalue weighted by molar-refractivity contribution is -0.421. The van der Waals surface area contributed by atoms with Gasteiger partial charge in [0.25, 0.3) is 7.11 Å². The fourth-order valence-corrected chi connectivity index (χ4v) is 3.73. The van der Waals surface area contributed by atoms with Crippen molar-refractivity contribution < 1.29 is 9.16 Å². The quantitative estimate of drug-likeness (QED) is 0.684. The van der Waals surface area contributed by atoms with Crippen molar-refractivity contribution in [2.75, 3.05) is 14.2 Å². The third-order valence-electron chi connectivity index (χ3n) is 5.20. The fraction of sp³-hybridized carbons (Fsp3) is 0.500. The van der Waals surface area contributed by atoms with Crippen molar-refractivity contribution in [1.82, 2.24) is 0 Å². The summed E-state index contributed by atoms with van der Waals surface area (Å²) in [6.07, 6.45) is 10.9. The number of ketones is 1. The zero-order chi connectivity index (χ0) is 17.3. The molecule has 0 N–H and O–H groups in total. The van der Waals surface area contributed by atoms with Crippen LogP contribution in [0.4, 0.5) is 0 Å². The highest BCUT2D eigenvalue weighted by molar-refractivity contribution is 5.95. The Labute approximate surface area is 145 Å². The van der Waals surface area contributed by atoms with Gasteiger partial charge in [0.05, 0.1) is 13.0 Å². The topological polar surface area (TPSA) is 20.5 Å². The van der Waals surface area contributed by atoms with Crippen LogP contribution in [0.25, 0.3) is 0 Å². The SMILES string of the molecule is COc1c2cc(C(C)(C)C)cc1CCC1C=C(C=CC1=[O+]C)CC2. The van der Waals surface area contributed by atoms with E-state index in [4.69, 9.17) is 9.16 Å². The molecule has 0 aliphatic heterocycles. The minimum atomic E-state index is 0.152. The van der Waals surface area contributed by atoms with E-state index in [1.54, 1.807) is 14.2 Å². The largest absolute Gasteiger partial charge is 0.496 e. The Bertz CT molecular complexity index is 714. The molecule has 0 saturated carbocycles. The van der Waals surface area contributed by atoms with E-state index in [9.17, 15) is 0 Å². The molecule has 2 aliphatic carbocycles. The Hall–Kier alpha value is -1.83. The van der Waals surface area contributed by atoms with E-state index in [1.807, 2.05) is 0 Å². The molecule has 3 rings (SSSR count). The van der Waals surface area contributed by atoms with Crippen molar-refractivity contribution in [3.63, 3.8) is 0 Å². The van der Waals surface area contributed by atoms with Crippen LogP contribution in [-0.4, -0.2) is 20.0 Å². The Morgan fingerprint density at radius 3 is 2.38 bits per heavy atom. The third-order valence-corrected chi connectivity index (χ3v) is 5.20. The lowest BCUT2D eigenvalue weighted by Gasteiger charge is -2.25. The summed E-state index contributed by atoms with van der Waals surface area (Å²) in [5.74, 6) is 2.54. The van der Waals surface area contributed by atoms with Gasteiger partial charge >= 0.3 is 5.78 Å². The second-order valence-corrected chi connectivity index (χ2v) is 7.90. The lowest BCUT2D eigenvalue weighted by atomic mass is 9.81. The van der Waals surface area contributed by atoms with Crippen LogP contribution in [0.15, 0.2) is 35.9 Å². The van der Waals surface area contributed by atoms with E-state index in [2.05, 4.69) is 51.1 Å². The van der Waals surface area contributed by atoms with Crippen LogP contribution in [0.3, 0.4) is 0 Å². The van der Waals surface area contributed by atoms with Crippen molar-refractivity contribution in [1.29, 1.82) is 0 Å². The third kappa shape index (κ3) is 3.33. The standard InChI is InChI=1S/C22H29O2/c1-22(2,3)19-13-17-8-6-15-7-11-20(23-4)16(12-15)9-10-18(14-19)21(17)24-5/h7,11-14,16H,6,8-10H2,1-5H3/q+1. The highest BCUT2D eigenvalue weighted by Crippen LogP contribution is 2.36. The molecule has 1 unspecified atom stereocenters. The first-order chi connectivity index (χ1) is 11.4. The maximum Gasteiger partial charge on any atom is 0.325 e. The summed E-state index contributed by atoms with van der Waals surface area (Å²) in [5, 5.41) is 0. The molecule has 0 spiro atoms. The number of aryl methyl sites for hydroxylation is 2. The van der Waals surface area contributed by atoms with E-state index in [0.29, 0.717) is 5.92 Å². The molecule has 128 valence electrons. The fourth-order valence-electron chi connectivity index (χ4n) is 3.73. The molecule has 0 aromatic heterocycles. The monoisotopic (exact) mass is 325 g/mol. The molecule has 1 atom stereocenters. The molecule has 24 heavy (non-hydrogen) atoms. The van der Waals surface area contributed by atoms with Gasteiger partial charge in [-0.2, -0.15) is 0 Å². The average Bonchev–Trinajstić information content (AvgIpc) is 2.55. The predicted molar refractivity (Wildman–Crippen MR) is 100.0 cm³/mol. The highest BCUT2D eigenvalue weighted by atomic mass is 16.5. The van der Waals surface area contributed by atoms with Gasteiger partial charge in [-0.05, 0) is 47.8 Å². The van der Waals surface area contributed by atoms with E-state index >= 15 is 0 Å². The van der Waals surface area contributed by atoms with Crippen LogP contribution < -0.4 is 4.74 Å². The van der Waals surface area contributed by atoms with E-state index < -0.39 is 0 Å². The van der Waals surface area contributed by atoms with Crippen molar-refractivity contribution in [3.05, 3.63) is 52.6 Å². The van der Waals surface area contributed by atoms with Crippen LogP contribution in [0.2, 0.25) is 0 Å². The van der Waals surface area contributed by atoms with E-state index in [1.165, 1.54) is 22.3 Å². The molecule has 0 radical (unpaired) electrons. The van der Waals surface area contributed by atoms with Gasteiger partial charge in [0, 0.05) is 6.08 Å². The Balaban J connectivity index is 2.06. The molecular weight excluding hydrogens is 296 g/mol. The molecule has 0 saturated heterocycles. The molecule has 4 bridgehead atoms. The lowest BCUT2D eigenvalue weighted by Crippen LogP contribution is -2.18. The summed E-state index contributed by atoms with van der Waals surface area (Å²) in [7, 11) is 3.58. The van der Waals surface area contributed by atoms with Crippen molar-refractivity contribution >= 4 is 5.78 Å². The molecule has 0 heterocycles. The van der Waals surface area contributed by atoms with Gasteiger partial charge in [-0.1, -0.05) is 50.6 Å². The maximum absolute atomic E-state index is 5.82. The van der Waals surface area contributed by atoms with Gasteiger partial charge in [-0.3, -0.25) is 4.42 Å². The maximum atomic E-state index is 5.82. The van der Waals surface area contributed by atoms with Gasteiger partial charge in [0.1, 0.15) is 5.75 Å². The van der Waals surface area contributed by atoms with Gasteiger partial charge in [0.2, 0.25) is 0 Å². The Morgan fingerprint density at radius 1 is 1.04 bits per heavy atom. The highest BCUT2D eigenvalue weighted by Gasteiger charge is 2.27. The first-order valence-electron chi connectivity index (χ1n) is 8.92. The molecule has 2 aliphatic rings. The molecular formula is C22H29O2+. The predicted octanol–water partition coefficient (Wildman–Crippen LogP) is 4.72. The second-order valence-electron chi connectivity index (χ2n) is 7.90. The van der Waals surface area contributed by atoms with Crippen molar-refractivity contribution in [2.45, 2.75) is 51.9 Å². The van der Waals surface area contributed by atoms with Crippen molar-refractivity contribution in [2.24, 2.45) is 5.92 Å². The van der Waals surface area contributed by atoms with Gasteiger partial charge in [0.15, 0.2) is 0 Å². The molecule has 1 aromatic rings. The molecule has 0 fully saturated rings. The summed E-state index contributed by atoms with van der Waals surface area (Å²) >= 11 is 0. The Morgan fingerprint density at radius 2 is 1.75 bits per heavy atom. The van der Waals surface area contributed by atoms with Gasteiger partial charge < -0.3 is 4.74 Å². The van der Waals surface area contributed by atoms with Crippen LogP contribution in [0, 0.1) is 5.92 Å². The smallest absolute Gasteiger partial charge is 0.325 e. The zero-order valence-corrected chi connectivity index (χ0v) is 15.6. The van der Waals surface area contributed by atoms with Gasteiger partial charge in [-0.25, -0.2) is 0 Å². The molecule has 2 nitrogen and oxygen atoms in total. The number of benzene rings is 1. The minimum absolute atomic E-state index is 0.152. The van der Waals surface area contributed by atoms with Gasteiger partial charge in [-0.15, -0.1) is 0 Å². The number of ether oxygens (including phenoxy) is 1. The van der Waals surface area contributed by atoms with Crippen molar-refractivity contribution in [3.8, 4) is 5.75 Å². The number of methoxy groups -OCH3 is 1. The first-order valence-corrected chi connectivity index (χ1v) is 8.92. The number of rotatable bonds is 1. The summed E-state index contributed by atoms with van der Waals surface area (Å²) in [4.78, 5) is 0. The number of carbonyl (C=O) groups excluding carboxylic acids is 1. The first kappa shape index (κ1) is 17.0. The normalized spacial score (nSPS) is 22.3. The molecule has 2 heteroatoms. The summed E-state index contributed by atoms with van der Waals surface area (Å²) in [5.41, 5.74) is 5.64. The number of fused-ring (bicyclic) bond motifs is 3. The Kier molecular flexibility index (Phi) is 4.67. The number of allylic oxidation sites excluding steroid dienone is 4. The van der Waals surface area contributed by atoms with E-state index in [-0.39, 0.29) is 5.41 Å². The van der Waals surface area contributed by atoms with Crippen LogP contribution in [0.1, 0.15) is 50.3 Å². The molecule has 0 amide bonds. The number of hydrogen-bond donors (Lipinski definition) is 0. The zero-order valence-electron chi connectivity index (χ0n) is 15.6. The summed E-state index contributed by atoms with van der Waals surface area (Å²) in [6.45, 7) is 6.85. The van der Waals surface area contributed by atoms with Crippen LogP contribution in [0.5, 0.6) is 5.75 Å². The molecule has 1 aromatic carbocycles. The van der Waals surface area contributed by atoms with Crippen LogP contribution >= 0.6 is 0 Å². The van der Waals surface area contributed by atoms with E-state index in [0.717, 1.165) is 37.2 Å². The van der Waals surface area contributed by atoms with Crippen LogP contribution in [-0.2, 0) is 22.7 Å².